The Kier molecular flexibility index (Phi) is 6.03. The van der Waals surface area contributed by atoms with Gasteiger partial charge in [0.15, 0.2) is 0 Å². The lowest BCUT2D eigenvalue weighted by Crippen LogP contribution is -2.24. The van der Waals surface area contributed by atoms with E-state index in [1.54, 1.807) is 0 Å². The van der Waals surface area contributed by atoms with Crippen LogP contribution in [-0.4, -0.2) is 0 Å². The van der Waals surface area contributed by atoms with Crippen molar-refractivity contribution in [2.45, 2.75) is 0 Å². The molecule has 212 valence electrons. The largest absolute Gasteiger partial charge is 0.305 e. The van der Waals surface area contributed by atoms with E-state index in [2.05, 4.69) is 152 Å². The zero-order valence-electron chi connectivity index (χ0n) is 24.4. The summed E-state index contributed by atoms with van der Waals surface area (Å²) in [7, 11) is -2.57. The van der Waals surface area contributed by atoms with Gasteiger partial charge in [-0.3, -0.25) is 0 Å². The smallest absolute Gasteiger partial charge is 0.0512 e. The van der Waals surface area contributed by atoms with Crippen LogP contribution in [0, 0.1) is 5.16 Å². The zero-order valence-corrected chi connectivity index (χ0v) is 26.2. The highest BCUT2D eigenvalue weighted by Crippen LogP contribution is 2.45. The molecule has 0 aliphatic heterocycles. The van der Waals surface area contributed by atoms with Crippen molar-refractivity contribution in [3.8, 4) is 11.1 Å². The van der Waals surface area contributed by atoms with Gasteiger partial charge in [-0.05, 0) is 84.4 Å². The Morgan fingerprint density at radius 2 is 0.756 bits per heavy atom. The average molecular weight is 610 g/mol. The van der Waals surface area contributed by atoms with Crippen molar-refractivity contribution in [1.82, 2.24) is 0 Å². The van der Waals surface area contributed by atoms with Gasteiger partial charge in [0, 0.05) is 25.5 Å². The lowest BCUT2D eigenvalue weighted by atomic mass is 9.92. The van der Waals surface area contributed by atoms with Gasteiger partial charge in [-0.1, -0.05) is 133 Å². The summed E-state index contributed by atoms with van der Waals surface area (Å²) in [5.74, 6) is 0. The van der Waals surface area contributed by atoms with Crippen molar-refractivity contribution < 1.29 is 0 Å². The van der Waals surface area contributed by atoms with Gasteiger partial charge in [0.2, 0.25) is 0 Å². The van der Waals surface area contributed by atoms with E-state index in [0.29, 0.717) is 0 Å². The van der Waals surface area contributed by atoms with Gasteiger partial charge in [0.25, 0.3) is 0 Å². The molecule has 8 aromatic carbocycles. The Morgan fingerprint density at radius 1 is 0.333 bits per heavy atom. The molecule has 0 radical (unpaired) electrons. The highest BCUT2D eigenvalue weighted by Gasteiger charge is 2.25. The van der Waals surface area contributed by atoms with Crippen LogP contribution in [0.1, 0.15) is 0 Å². The molecule has 9 aromatic rings. The first-order valence-electron chi connectivity index (χ1n) is 15.2. The standard InChI is InChI=1S/C42H28NPS/c43-44(30-11-3-1-4-12-30,31-13-5-2-6-14-31)32-21-24-42-40(27-32)39-26-29(20-23-41(39)45-42)28-19-22-37-35-17-8-7-15-33(35)34-16-9-10-18-36(34)38(37)25-28/h1-27,43H. The second kappa shape index (κ2) is 10.3. The minimum Gasteiger partial charge on any atom is -0.305 e. The summed E-state index contributed by atoms with van der Waals surface area (Å²) in [6.45, 7) is 0. The SMILES string of the molecule is N=P(c1ccccc1)(c1ccccc1)c1ccc2sc3ccc(-c4ccc5c6ccccc6c6ccccc6c5c4)cc3c2c1. The molecule has 0 spiro atoms. The molecule has 1 heterocycles. The van der Waals surface area contributed by atoms with E-state index in [0.717, 1.165) is 15.9 Å². The van der Waals surface area contributed by atoms with Gasteiger partial charge in [-0.15, -0.1) is 11.3 Å². The fourth-order valence-electron chi connectivity index (χ4n) is 6.99. The van der Waals surface area contributed by atoms with Gasteiger partial charge < -0.3 is 5.16 Å². The molecule has 45 heavy (non-hydrogen) atoms. The van der Waals surface area contributed by atoms with Crippen LogP contribution in [0.25, 0.3) is 63.6 Å². The van der Waals surface area contributed by atoms with Crippen LogP contribution >= 0.6 is 18.4 Å². The fourth-order valence-corrected chi connectivity index (χ4v) is 10.8. The molecule has 0 unspecified atom stereocenters. The second-order valence-electron chi connectivity index (χ2n) is 11.7. The van der Waals surface area contributed by atoms with E-state index < -0.39 is 7.05 Å². The molecule has 0 saturated carbocycles. The predicted molar refractivity (Wildman–Crippen MR) is 199 cm³/mol. The summed E-state index contributed by atoms with van der Waals surface area (Å²) in [4.78, 5) is 0. The third-order valence-corrected chi connectivity index (χ3v) is 13.6. The molecular weight excluding hydrogens is 582 g/mol. The van der Waals surface area contributed by atoms with Crippen LogP contribution in [-0.2, 0) is 0 Å². The molecule has 1 aromatic heterocycles. The normalized spacial score (nSPS) is 12.1. The Hall–Kier alpha value is -5.01. The molecule has 0 aliphatic rings. The fraction of sp³-hybridized carbons (Fsp3) is 0. The molecule has 0 amide bonds. The van der Waals surface area contributed by atoms with Crippen molar-refractivity contribution in [3.05, 3.63) is 164 Å². The Bertz CT molecular complexity index is 2540. The summed E-state index contributed by atoms with van der Waals surface area (Å²) in [6.07, 6.45) is 0. The Balaban J connectivity index is 1.24. The summed E-state index contributed by atoms with van der Waals surface area (Å²) in [5.41, 5.74) is 2.43. The molecular formula is C42H28NPS. The van der Waals surface area contributed by atoms with E-state index in [1.165, 1.54) is 63.6 Å². The number of hydrogen-bond donors (Lipinski definition) is 1. The molecule has 0 aliphatic carbocycles. The van der Waals surface area contributed by atoms with E-state index in [4.69, 9.17) is 0 Å². The van der Waals surface area contributed by atoms with Crippen LogP contribution < -0.4 is 15.9 Å². The number of benzene rings is 8. The number of thiophene rings is 1. The quantitative estimate of drug-likeness (QED) is 0.152. The Labute approximate surface area is 265 Å². The monoisotopic (exact) mass is 609 g/mol. The van der Waals surface area contributed by atoms with Crippen molar-refractivity contribution in [1.29, 1.82) is 5.16 Å². The molecule has 1 N–H and O–H groups in total. The highest BCUT2D eigenvalue weighted by molar-refractivity contribution is 7.86. The average Bonchev–Trinajstić information content (AvgIpc) is 3.49. The van der Waals surface area contributed by atoms with Crippen LogP contribution in [0.15, 0.2) is 164 Å². The molecule has 0 fully saturated rings. The minimum absolute atomic E-state index is 1.08. The molecule has 0 atom stereocenters. The first-order chi connectivity index (χ1) is 22.2. The maximum atomic E-state index is 10.1. The van der Waals surface area contributed by atoms with E-state index in [9.17, 15) is 5.16 Å². The zero-order chi connectivity index (χ0) is 30.0. The van der Waals surface area contributed by atoms with Crippen molar-refractivity contribution >= 4 is 86.8 Å². The number of rotatable bonds is 4. The third kappa shape index (κ3) is 4.11. The lowest BCUT2D eigenvalue weighted by Gasteiger charge is -2.24. The third-order valence-electron chi connectivity index (χ3n) is 9.20. The van der Waals surface area contributed by atoms with E-state index >= 15 is 0 Å². The summed E-state index contributed by atoms with van der Waals surface area (Å²) < 4.78 is 2.53. The van der Waals surface area contributed by atoms with Crippen LogP contribution in [0.4, 0.5) is 0 Å². The van der Waals surface area contributed by atoms with Crippen molar-refractivity contribution in [3.63, 3.8) is 0 Å². The van der Waals surface area contributed by atoms with Gasteiger partial charge in [0.1, 0.15) is 0 Å². The van der Waals surface area contributed by atoms with Gasteiger partial charge in [-0.2, -0.15) is 0 Å². The van der Waals surface area contributed by atoms with Gasteiger partial charge in [0.05, 0.1) is 7.05 Å². The second-order valence-corrected chi connectivity index (χ2v) is 15.7. The summed E-state index contributed by atoms with van der Waals surface area (Å²) >= 11 is 1.83. The van der Waals surface area contributed by atoms with Crippen molar-refractivity contribution in [2.24, 2.45) is 0 Å². The molecule has 3 heteroatoms. The highest BCUT2D eigenvalue weighted by atomic mass is 32.1. The van der Waals surface area contributed by atoms with Crippen LogP contribution in [0.3, 0.4) is 0 Å². The maximum Gasteiger partial charge on any atom is 0.0512 e. The minimum atomic E-state index is -2.57. The summed E-state index contributed by atoms with van der Waals surface area (Å²) in [6, 6.07) is 58.9. The molecule has 1 nitrogen and oxygen atoms in total. The Morgan fingerprint density at radius 3 is 1.33 bits per heavy atom. The molecule has 0 bridgehead atoms. The molecule has 9 rings (SSSR count). The first-order valence-corrected chi connectivity index (χ1v) is 17.8. The van der Waals surface area contributed by atoms with Crippen molar-refractivity contribution in [2.75, 3.05) is 0 Å². The summed E-state index contributed by atoms with van der Waals surface area (Å²) in [5, 5.41) is 23.5. The van der Waals surface area contributed by atoms with Crippen LogP contribution in [0.2, 0.25) is 0 Å². The number of hydrogen-bond acceptors (Lipinski definition) is 2. The number of nitrogens with one attached hydrogen (secondary N) is 1. The molecule has 0 saturated heterocycles. The van der Waals surface area contributed by atoms with E-state index in [1.807, 2.05) is 23.5 Å². The van der Waals surface area contributed by atoms with Gasteiger partial charge in [-0.25, -0.2) is 0 Å². The first kappa shape index (κ1) is 26.4. The predicted octanol–water partition coefficient (Wildman–Crippen LogP) is 11.2. The van der Waals surface area contributed by atoms with E-state index in [-0.39, 0.29) is 0 Å². The number of fused-ring (bicyclic) bond motifs is 9. The topological polar surface area (TPSA) is 23.9 Å². The van der Waals surface area contributed by atoms with Crippen LogP contribution in [0.5, 0.6) is 0 Å². The maximum absolute atomic E-state index is 10.1. The van der Waals surface area contributed by atoms with Gasteiger partial charge >= 0.3 is 0 Å². The lowest BCUT2D eigenvalue weighted by molar-refractivity contribution is 1.59.